The number of nitrogens with zero attached hydrogens (tertiary/aromatic N) is 2. The van der Waals surface area contributed by atoms with E-state index < -0.39 is 17.8 Å². The summed E-state index contributed by atoms with van der Waals surface area (Å²) < 4.78 is 6.47. The standard InChI is InChI=1S/C16H19ClN4O4S/c1-5-25-16(24)11-7(2)13(14(18)23)26-15(11)19-10(22)6-21-9(4)12(17)8(3)20-21/h5-6H2,1-4H3,(H2,18,23)(H,19,22). The molecule has 0 unspecified atom stereocenters. The number of halogens is 1. The highest BCUT2D eigenvalue weighted by molar-refractivity contribution is 7.18. The fourth-order valence-corrected chi connectivity index (χ4v) is 3.62. The number of amides is 2. The van der Waals surface area contributed by atoms with Gasteiger partial charge in [0.05, 0.1) is 33.5 Å². The minimum Gasteiger partial charge on any atom is -0.462 e. The molecule has 0 aliphatic carbocycles. The van der Waals surface area contributed by atoms with Gasteiger partial charge in [0.1, 0.15) is 11.5 Å². The first-order chi connectivity index (χ1) is 12.2. The van der Waals surface area contributed by atoms with Crippen LogP contribution in [0.15, 0.2) is 0 Å². The lowest BCUT2D eigenvalue weighted by molar-refractivity contribution is -0.116. The van der Waals surface area contributed by atoms with Crippen molar-refractivity contribution in [3.05, 3.63) is 32.4 Å². The third kappa shape index (κ3) is 3.88. The Balaban J connectivity index is 2.31. The van der Waals surface area contributed by atoms with E-state index in [2.05, 4.69) is 10.4 Å². The molecule has 0 saturated heterocycles. The molecule has 0 atom stereocenters. The third-order valence-electron chi connectivity index (χ3n) is 3.69. The van der Waals surface area contributed by atoms with Crippen molar-refractivity contribution in [3.63, 3.8) is 0 Å². The number of hydrogen-bond donors (Lipinski definition) is 2. The Morgan fingerprint density at radius 3 is 2.46 bits per heavy atom. The number of primary amides is 1. The van der Waals surface area contributed by atoms with Crippen molar-refractivity contribution in [2.24, 2.45) is 5.73 Å². The molecule has 10 heteroatoms. The average molecular weight is 399 g/mol. The fourth-order valence-electron chi connectivity index (χ4n) is 2.42. The average Bonchev–Trinajstić information content (AvgIpc) is 3.00. The molecule has 8 nitrogen and oxygen atoms in total. The second-order valence-electron chi connectivity index (χ2n) is 5.54. The summed E-state index contributed by atoms with van der Waals surface area (Å²) in [5.74, 6) is -1.72. The van der Waals surface area contributed by atoms with Gasteiger partial charge in [-0.15, -0.1) is 11.3 Å². The minimum absolute atomic E-state index is 0.0927. The molecule has 3 N–H and O–H groups in total. The number of aromatic nitrogens is 2. The number of nitrogens with one attached hydrogen (secondary N) is 1. The number of esters is 1. The van der Waals surface area contributed by atoms with Crippen molar-refractivity contribution < 1.29 is 19.1 Å². The number of aryl methyl sites for hydroxylation is 1. The summed E-state index contributed by atoms with van der Waals surface area (Å²) >= 11 is 7.01. The zero-order chi connectivity index (χ0) is 19.6. The van der Waals surface area contributed by atoms with Crippen LogP contribution < -0.4 is 11.1 Å². The van der Waals surface area contributed by atoms with Gasteiger partial charge in [0.2, 0.25) is 5.91 Å². The van der Waals surface area contributed by atoms with E-state index in [4.69, 9.17) is 22.1 Å². The minimum atomic E-state index is -0.677. The van der Waals surface area contributed by atoms with Gasteiger partial charge < -0.3 is 15.8 Å². The molecular formula is C16H19ClN4O4S. The van der Waals surface area contributed by atoms with E-state index in [0.29, 0.717) is 22.0 Å². The van der Waals surface area contributed by atoms with Gasteiger partial charge in [0.15, 0.2) is 0 Å². The van der Waals surface area contributed by atoms with Crippen molar-refractivity contribution in [2.75, 3.05) is 11.9 Å². The number of carbonyl (C=O) groups is 3. The second-order valence-corrected chi connectivity index (χ2v) is 6.93. The molecule has 0 aromatic carbocycles. The van der Waals surface area contributed by atoms with Crippen LogP contribution in [-0.4, -0.2) is 34.2 Å². The largest absolute Gasteiger partial charge is 0.462 e. The Labute approximate surface area is 159 Å². The van der Waals surface area contributed by atoms with Crippen molar-refractivity contribution in [1.82, 2.24) is 9.78 Å². The van der Waals surface area contributed by atoms with Crippen LogP contribution in [0, 0.1) is 20.8 Å². The first-order valence-corrected chi connectivity index (χ1v) is 8.96. The highest BCUT2D eigenvalue weighted by Crippen LogP contribution is 2.33. The van der Waals surface area contributed by atoms with Crippen LogP contribution in [0.1, 0.15) is 43.9 Å². The van der Waals surface area contributed by atoms with E-state index in [1.165, 1.54) is 4.68 Å². The van der Waals surface area contributed by atoms with Gasteiger partial charge in [-0.1, -0.05) is 11.6 Å². The SMILES string of the molecule is CCOC(=O)c1c(NC(=O)Cn2nc(C)c(Cl)c2C)sc(C(N)=O)c1C. The van der Waals surface area contributed by atoms with Crippen LogP contribution in [0.4, 0.5) is 5.00 Å². The van der Waals surface area contributed by atoms with Gasteiger partial charge in [-0.05, 0) is 33.3 Å². The maximum absolute atomic E-state index is 12.4. The molecule has 140 valence electrons. The summed E-state index contributed by atoms with van der Waals surface area (Å²) in [6.07, 6.45) is 0. The zero-order valence-corrected chi connectivity index (χ0v) is 16.4. The van der Waals surface area contributed by atoms with Crippen LogP contribution in [0.2, 0.25) is 5.02 Å². The number of thiophene rings is 1. The molecule has 2 amide bonds. The molecule has 0 aliphatic heterocycles. The number of nitrogens with two attached hydrogens (primary N) is 1. The van der Waals surface area contributed by atoms with Crippen molar-refractivity contribution in [3.8, 4) is 0 Å². The lowest BCUT2D eigenvalue weighted by Gasteiger charge is -2.08. The summed E-state index contributed by atoms with van der Waals surface area (Å²) in [6, 6.07) is 0. The summed E-state index contributed by atoms with van der Waals surface area (Å²) in [7, 11) is 0. The van der Waals surface area contributed by atoms with E-state index in [0.717, 1.165) is 11.3 Å². The van der Waals surface area contributed by atoms with Gasteiger partial charge in [0.25, 0.3) is 5.91 Å². The van der Waals surface area contributed by atoms with Crippen LogP contribution in [0.5, 0.6) is 0 Å². The van der Waals surface area contributed by atoms with Gasteiger partial charge in [-0.3, -0.25) is 14.3 Å². The number of carbonyl (C=O) groups excluding carboxylic acids is 3. The molecule has 26 heavy (non-hydrogen) atoms. The van der Waals surface area contributed by atoms with E-state index >= 15 is 0 Å². The summed E-state index contributed by atoms with van der Waals surface area (Å²) in [5.41, 5.74) is 7.13. The molecule has 2 rings (SSSR count). The molecule has 0 fully saturated rings. The molecule has 0 spiro atoms. The molecule has 2 aromatic heterocycles. The van der Waals surface area contributed by atoms with Crippen molar-refractivity contribution in [2.45, 2.75) is 34.2 Å². The lowest BCUT2D eigenvalue weighted by Crippen LogP contribution is -2.21. The van der Waals surface area contributed by atoms with Gasteiger partial charge in [0, 0.05) is 0 Å². The third-order valence-corrected chi connectivity index (χ3v) is 5.46. The Morgan fingerprint density at radius 2 is 1.96 bits per heavy atom. The molecule has 0 bridgehead atoms. The van der Waals surface area contributed by atoms with Crippen molar-refractivity contribution in [1.29, 1.82) is 0 Å². The van der Waals surface area contributed by atoms with Gasteiger partial charge in [-0.2, -0.15) is 5.10 Å². The molecule has 0 radical (unpaired) electrons. The predicted octanol–water partition coefficient (Wildman–Crippen LogP) is 2.44. The fraction of sp³-hybridized carbons (Fsp3) is 0.375. The molecule has 2 heterocycles. The molecule has 2 aromatic rings. The molecule has 0 saturated carbocycles. The van der Waals surface area contributed by atoms with Crippen LogP contribution in [-0.2, 0) is 16.1 Å². The predicted molar refractivity (Wildman–Crippen MR) is 98.9 cm³/mol. The summed E-state index contributed by atoms with van der Waals surface area (Å²) in [4.78, 5) is 36.4. The molecule has 0 aliphatic rings. The second kappa shape index (κ2) is 7.88. The van der Waals surface area contributed by atoms with Crippen LogP contribution >= 0.6 is 22.9 Å². The maximum Gasteiger partial charge on any atom is 0.341 e. The molecular weight excluding hydrogens is 380 g/mol. The Bertz CT molecular complexity index is 887. The number of hydrogen-bond acceptors (Lipinski definition) is 6. The Morgan fingerprint density at radius 1 is 1.31 bits per heavy atom. The smallest absolute Gasteiger partial charge is 0.341 e. The highest BCUT2D eigenvalue weighted by Gasteiger charge is 2.26. The van der Waals surface area contributed by atoms with E-state index in [1.54, 1.807) is 27.7 Å². The zero-order valence-electron chi connectivity index (χ0n) is 14.8. The topological polar surface area (TPSA) is 116 Å². The highest BCUT2D eigenvalue weighted by atomic mass is 35.5. The number of anilines is 1. The van der Waals surface area contributed by atoms with E-state index in [-0.39, 0.29) is 28.6 Å². The van der Waals surface area contributed by atoms with Crippen LogP contribution in [0.25, 0.3) is 0 Å². The first-order valence-electron chi connectivity index (χ1n) is 7.77. The summed E-state index contributed by atoms with van der Waals surface area (Å²) in [5, 5.41) is 7.54. The maximum atomic E-state index is 12.4. The number of rotatable bonds is 6. The van der Waals surface area contributed by atoms with Gasteiger partial charge >= 0.3 is 5.97 Å². The van der Waals surface area contributed by atoms with E-state index in [1.807, 2.05) is 0 Å². The van der Waals surface area contributed by atoms with Crippen molar-refractivity contribution >= 4 is 45.7 Å². The van der Waals surface area contributed by atoms with Gasteiger partial charge in [-0.25, -0.2) is 4.79 Å². The quantitative estimate of drug-likeness (QED) is 0.725. The summed E-state index contributed by atoms with van der Waals surface area (Å²) in [6.45, 7) is 6.81. The lowest BCUT2D eigenvalue weighted by atomic mass is 10.1. The first kappa shape index (κ1) is 19.9. The van der Waals surface area contributed by atoms with Crippen LogP contribution in [0.3, 0.4) is 0 Å². The normalized spacial score (nSPS) is 10.7. The monoisotopic (exact) mass is 398 g/mol. The van der Waals surface area contributed by atoms with E-state index in [9.17, 15) is 14.4 Å². The Hall–Kier alpha value is -2.39. The number of ether oxygens (including phenoxy) is 1. The Kier molecular flexibility index (Phi) is 6.04.